The summed E-state index contributed by atoms with van der Waals surface area (Å²) < 4.78 is 67.9. The molecule has 142 valence electrons. The van der Waals surface area contributed by atoms with Gasteiger partial charge in [0.2, 0.25) is 0 Å². The zero-order valence-corrected chi connectivity index (χ0v) is 14.6. The smallest absolute Gasteiger partial charge is 0.267 e. The molecule has 0 unspecified atom stereocenters. The Labute approximate surface area is 151 Å². The number of halogens is 6. The van der Waals surface area contributed by atoms with Gasteiger partial charge in [-0.05, 0) is 29.5 Å². The summed E-state index contributed by atoms with van der Waals surface area (Å²) in [5.41, 5.74) is -3.93. The highest BCUT2D eigenvalue weighted by Crippen LogP contribution is 2.38. The van der Waals surface area contributed by atoms with Crippen molar-refractivity contribution >= 4 is 17.5 Å². The maximum absolute atomic E-state index is 13.5. The lowest BCUT2D eigenvalue weighted by Crippen LogP contribution is -2.26. The molecule has 0 aliphatic carbocycles. The minimum absolute atomic E-state index is 0.0459. The van der Waals surface area contributed by atoms with Crippen LogP contribution in [0.1, 0.15) is 53.1 Å². The molecule has 0 radical (unpaired) electrons. The molecule has 0 aliphatic heterocycles. The normalized spacial score (nSPS) is 12.2. The number of aromatic nitrogens is 3. The van der Waals surface area contributed by atoms with E-state index in [2.05, 4.69) is 10.1 Å². The summed E-state index contributed by atoms with van der Waals surface area (Å²) in [6.45, 7) is 3.38. The van der Waals surface area contributed by atoms with Gasteiger partial charge in [-0.3, -0.25) is 4.79 Å². The van der Waals surface area contributed by atoms with Crippen molar-refractivity contribution in [1.82, 2.24) is 14.8 Å². The van der Waals surface area contributed by atoms with Crippen molar-refractivity contribution in [1.29, 1.82) is 0 Å². The first kappa shape index (κ1) is 20.3. The van der Waals surface area contributed by atoms with Gasteiger partial charge in [0.1, 0.15) is 5.69 Å². The molecular weight excluding hydrogens is 381 g/mol. The molecule has 0 aromatic carbocycles. The molecular formula is C16H15ClF5N3O. The first-order chi connectivity index (χ1) is 12.1. The Morgan fingerprint density at radius 2 is 1.92 bits per heavy atom. The second kappa shape index (κ2) is 7.69. The first-order valence-corrected chi connectivity index (χ1v) is 8.12. The van der Waals surface area contributed by atoms with Crippen LogP contribution in [0, 0.1) is 5.92 Å². The summed E-state index contributed by atoms with van der Waals surface area (Å²) in [6, 6.07) is 1.36. The number of alkyl halides is 6. The van der Waals surface area contributed by atoms with E-state index < -0.39 is 41.3 Å². The van der Waals surface area contributed by atoms with Gasteiger partial charge in [-0.1, -0.05) is 13.8 Å². The molecule has 0 N–H and O–H groups in total. The maximum Gasteiger partial charge on any atom is 0.434 e. The van der Waals surface area contributed by atoms with E-state index >= 15 is 0 Å². The summed E-state index contributed by atoms with van der Waals surface area (Å²) >= 11 is 5.74. The molecule has 0 amide bonds. The van der Waals surface area contributed by atoms with Gasteiger partial charge in [0.15, 0.2) is 5.69 Å². The lowest BCUT2D eigenvalue weighted by atomic mass is 9.91. The van der Waals surface area contributed by atoms with Crippen LogP contribution in [0.15, 0.2) is 18.5 Å². The van der Waals surface area contributed by atoms with E-state index in [-0.39, 0.29) is 23.5 Å². The Bertz CT molecular complexity index is 788. The topological polar surface area (TPSA) is 47.8 Å². The van der Waals surface area contributed by atoms with E-state index in [0.29, 0.717) is 4.68 Å². The van der Waals surface area contributed by atoms with E-state index in [1.807, 2.05) is 0 Å². The first-order valence-electron chi connectivity index (χ1n) is 7.59. The molecule has 0 saturated carbocycles. The fraction of sp³-hybridized carbons (Fsp3) is 0.438. The molecule has 0 aliphatic rings. The summed E-state index contributed by atoms with van der Waals surface area (Å²) in [4.78, 5) is 15.7. The Morgan fingerprint density at radius 3 is 2.35 bits per heavy atom. The molecule has 0 spiro atoms. The highest BCUT2D eigenvalue weighted by Gasteiger charge is 2.41. The number of rotatable bonds is 5. The van der Waals surface area contributed by atoms with Crippen LogP contribution in [0.25, 0.3) is 0 Å². The van der Waals surface area contributed by atoms with Crippen LogP contribution >= 0.6 is 11.6 Å². The van der Waals surface area contributed by atoms with E-state index in [0.717, 1.165) is 0 Å². The Hall–Kier alpha value is -2.03. The Kier molecular flexibility index (Phi) is 6.00. The van der Waals surface area contributed by atoms with Crippen molar-refractivity contribution in [3.8, 4) is 0 Å². The molecule has 0 bridgehead atoms. The van der Waals surface area contributed by atoms with Gasteiger partial charge in [0.05, 0.1) is 5.56 Å². The average molecular weight is 396 g/mol. The minimum atomic E-state index is -5.10. The van der Waals surface area contributed by atoms with Crippen LogP contribution < -0.4 is 0 Å². The fourth-order valence-electron chi connectivity index (χ4n) is 2.59. The van der Waals surface area contributed by atoms with Gasteiger partial charge in [-0.15, -0.1) is 11.6 Å². The van der Waals surface area contributed by atoms with Gasteiger partial charge in [-0.25, -0.2) is 18.4 Å². The zero-order valence-electron chi connectivity index (χ0n) is 13.8. The van der Waals surface area contributed by atoms with Crippen molar-refractivity contribution in [2.75, 3.05) is 0 Å². The SMILES string of the molecule is CC(C)Cc1c(CCl)c(C(F)F)nc(C(F)(F)F)c1C(=O)n1cccn1. The summed E-state index contributed by atoms with van der Waals surface area (Å²) in [5.74, 6) is -1.81. The maximum atomic E-state index is 13.5. The lowest BCUT2D eigenvalue weighted by Gasteiger charge is -2.21. The van der Waals surface area contributed by atoms with Gasteiger partial charge < -0.3 is 0 Å². The number of hydrogen-bond acceptors (Lipinski definition) is 3. The molecule has 2 heterocycles. The van der Waals surface area contributed by atoms with Crippen LogP contribution in [-0.4, -0.2) is 20.7 Å². The third kappa shape index (κ3) is 4.03. The minimum Gasteiger partial charge on any atom is -0.267 e. The second-order valence-electron chi connectivity index (χ2n) is 5.96. The fourth-order valence-corrected chi connectivity index (χ4v) is 2.89. The summed E-state index contributed by atoms with van der Waals surface area (Å²) in [7, 11) is 0. The van der Waals surface area contributed by atoms with Crippen molar-refractivity contribution in [2.24, 2.45) is 5.92 Å². The molecule has 0 atom stereocenters. The Morgan fingerprint density at radius 1 is 1.27 bits per heavy atom. The molecule has 10 heteroatoms. The monoisotopic (exact) mass is 395 g/mol. The van der Waals surface area contributed by atoms with Crippen LogP contribution in [0.4, 0.5) is 22.0 Å². The average Bonchev–Trinajstić information content (AvgIpc) is 3.05. The van der Waals surface area contributed by atoms with Gasteiger partial charge in [0, 0.05) is 18.3 Å². The van der Waals surface area contributed by atoms with Crippen molar-refractivity contribution in [3.63, 3.8) is 0 Å². The molecule has 2 aromatic heterocycles. The van der Waals surface area contributed by atoms with Gasteiger partial charge in [-0.2, -0.15) is 18.3 Å². The molecule has 2 aromatic rings. The molecule has 0 saturated heterocycles. The van der Waals surface area contributed by atoms with Gasteiger partial charge >= 0.3 is 6.18 Å². The number of nitrogens with zero attached hydrogens (tertiary/aromatic N) is 3. The Balaban J connectivity index is 2.90. The van der Waals surface area contributed by atoms with E-state index in [4.69, 9.17) is 11.6 Å². The molecule has 2 rings (SSSR count). The quantitative estimate of drug-likeness (QED) is 0.536. The van der Waals surface area contributed by atoms with Crippen molar-refractivity contribution < 1.29 is 26.7 Å². The highest BCUT2D eigenvalue weighted by molar-refractivity contribution is 6.17. The third-order valence-electron chi connectivity index (χ3n) is 3.59. The van der Waals surface area contributed by atoms with Crippen LogP contribution in [-0.2, 0) is 18.5 Å². The largest absolute Gasteiger partial charge is 0.434 e. The lowest BCUT2D eigenvalue weighted by molar-refractivity contribution is -0.141. The number of carbonyl (C=O) groups excluding carboxylic acids is 1. The summed E-state index contributed by atoms with van der Waals surface area (Å²) in [6.07, 6.45) is -6.02. The zero-order chi connectivity index (χ0) is 19.6. The molecule has 0 fully saturated rings. The van der Waals surface area contributed by atoms with Crippen LogP contribution in [0.5, 0.6) is 0 Å². The van der Waals surface area contributed by atoms with E-state index in [1.54, 1.807) is 13.8 Å². The van der Waals surface area contributed by atoms with Crippen LogP contribution in [0.2, 0.25) is 0 Å². The second-order valence-corrected chi connectivity index (χ2v) is 6.23. The number of carbonyl (C=O) groups is 1. The van der Waals surface area contributed by atoms with Crippen molar-refractivity contribution in [3.05, 3.63) is 46.5 Å². The van der Waals surface area contributed by atoms with E-state index in [1.165, 1.54) is 18.5 Å². The van der Waals surface area contributed by atoms with Crippen LogP contribution in [0.3, 0.4) is 0 Å². The van der Waals surface area contributed by atoms with Gasteiger partial charge in [0.25, 0.3) is 12.3 Å². The predicted octanol–water partition coefficient (Wildman–Crippen LogP) is 4.86. The van der Waals surface area contributed by atoms with Crippen molar-refractivity contribution in [2.45, 2.75) is 38.8 Å². The molecule has 4 nitrogen and oxygen atoms in total. The number of hydrogen-bond donors (Lipinski definition) is 0. The summed E-state index contributed by atoms with van der Waals surface area (Å²) in [5, 5.41) is 3.64. The number of pyridine rings is 1. The predicted molar refractivity (Wildman–Crippen MR) is 84.3 cm³/mol. The third-order valence-corrected chi connectivity index (χ3v) is 3.86. The molecule has 26 heavy (non-hydrogen) atoms. The highest BCUT2D eigenvalue weighted by atomic mass is 35.5. The van der Waals surface area contributed by atoms with E-state index in [9.17, 15) is 26.7 Å². The standard InChI is InChI=1S/C16H15ClF5N3O/c1-8(2)6-9-10(7-17)12(14(18)19)24-13(16(20,21)22)11(9)15(26)25-5-3-4-23-25/h3-5,8,14H,6-7H2,1-2H3.